The molecule has 62 valence electrons. The molecule has 2 aliphatic rings. The maximum absolute atomic E-state index is 10.6. The highest BCUT2D eigenvalue weighted by Gasteiger charge is 2.43. The zero-order valence-corrected chi connectivity index (χ0v) is 6.42. The molecule has 0 spiro atoms. The van der Waals surface area contributed by atoms with Gasteiger partial charge in [-0.1, -0.05) is 0 Å². The molecule has 0 aromatic heterocycles. The molecular formula is C8H13NO2. The van der Waals surface area contributed by atoms with E-state index in [2.05, 4.69) is 5.32 Å². The van der Waals surface area contributed by atoms with Crippen molar-refractivity contribution in [3.05, 3.63) is 0 Å². The Morgan fingerprint density at radius 2 is 2.09 bits per heavy atom. The minimum Gasteiger partial charge on any atom is -0.481 e. The molecule has 11 heavy (non-hydrogen) atoms. The summed E-state index contributed by atoms with van der Waals surface area (Å²) in [6.07, 6.45) is 2.03. The minimum atomic E-state index is -0.590. The highest BCUT2D eigenvalue weighted by molar-refractivity contribution is 5.71. The number of carboxylic acid groups (broad SMARTS) is 1. The second-order valence-corrected chi connectivity index (χ2v) is 3.60. The fourth-order valence-electron chi connectivity index (χ4n) is 2.01. The molecule has 0 aromatic carbocycles. The lowest BCUT2D eigenvalue weighted by atomic mass is 9.65. The van der Waals surface area contributed by atoms with Crippen LogP contribution in [0.1, 0.15) is 12.8 Å². The zero-order valence-electron chi connectivity index (χ0n) is 6.42. The van der Waals surface area contributed by atoms with Gasteiger partial charge in [-0.15, -0.1) is 0 Å². The van der Waals surface area contributed by atoms with Gasteiger partial charge >= 0.3 is 5.97 Å². The van der Waals surface area contributed by atoms with Crippen molar-refractivity contribution in [2.24, 2.45) is 17.8 Å². The Kier molecular flexibility index (Phi) is 1.60. The third-order valence-corrected chi connectivity index (χ3v) is 3.06. The molecule has 2 rings (SSSR count). The second kappa shape index (κ2) is 2.48. The number of carbonyl (C=O) groups is 1. The first-order valence-corrected chi connectivity index (χ1v) is 4.22. The van der Waals surface area contributed by atoms with Crippen molar-refractivity contribution < 1.29 is 9.90 Å². The Hall–Kier alpha value is -0.570. The number of rotatable bonds is 2. The highest BCUT2D eigenvalue weighted by Crippen LogP contribution is 2.41. The Balaban J connectivity index is 1.89. The van der Waals surface area contributed by atoms with Gasteiger partial charge in [0.05, 0.1) is 5.92 Å². The normalized spacial score (nSPS) is 37.5. The summed E-state index contributed by atoms with van der Waals surface area (Å²) in [5.41, 5.74) is 0. The molecular weight excluding hydrogens is 142 g/mol. The third kappa shape index (κ3) is 1.03. The Morgan fingerprint density at radius 3 is 2.36 bits per heavy atom. The fourth-order valence-corrected chi connectivity index (χ4v) is 2.01. The molecule has 2 unspecified atom stereocenters. The van der Waals surface area contributed by atoms with Gasteiger partial charge in [-0.2, -0.15) is 0 Å². The maximum atomic E-state index is 10.6. The van der Waals surface area contributed by atoms with Crippen LogP contribution in [0.3, 0.4) is 0 Å². The van der Waals surface area contributed by atoms with Crippen LogP contribution in [-0.4, -0.2) is 24.2 Å². The van der Waals surface area contributed by atoms with Gasteiger partial charge < -0.3 is 10.4 Å². The van der Waals surface area contributed by atoms with Crippen LogP contribution in [0.4, 0.5) is 0 Å². The van der Waals surface area contributed by atoms with E-state index in [-0.39, 0.29) is 5.92 Å². The average Bonchev–Trinajstić information content (AvgIpc) is 1.73. The number of hydrogen-bond donors (Lipinski definition) is 2. The quantitative estimate of drug-likeness (QED) is 0.603. The first-order valence-electron chi connectivity index (χ1n) is 4.22. The molecule has 2 atom stereocenters. The molecule has 1 heterocycles. The molecule has 0 bridgehead atoms. The standard InChI is InChI=1S/C8H13NO2/c10-8(11)7-2-1-6(7)5-3-9-4-5/h5-7,9H,1-4H2,(H,10,11). The lowest BCUT2D eigenvalue weighted by Crippen LogP contribution is -2.52. The SMILES string of the molecule is O=C(O)C1CCC1C1CNC1. The van der Waals surface area contributed by atoms with E-state index in [0.29, 0.717) is 11.8 Å². The second-order valence-electron chi connectivity index (χ2n) is 3.60. The summed E-state index contributed by atoms with van der Waals surface area (Å²) < 4.78 is 0. The summed E-state index contributed by atoms with van der Waals surface area (Å²) in [6, 6.07) is 0. The van der Waals surface area contributed by atoms with E-state index in [0.717, 1.165) is 25.9 Å². The largest absolute Gasteiger partial charge is 0.481 e. The predicted molar refractivity (Wildman–Crippen MR) is 40.2 cm³/mol. The summed E-state index contributed by atoms with van der Waals surface area (Å²) in [5.74, 6) is 0.522. The van der Waals surface area contributed by atoms with Crippen molar-refractivity contribution in [2.45, 2.75) is 12.8 Å². The van der Waals surface area contributed by atoms with Gasteiger partial charge in [0.1, 0.15) is 0 Å². The predicted octanol–water partition coefficient (Wildman–Crippen LogP) is 0.317. The van der Waals surface area contributed by atoms with Crippen LogP contribution in [0, 0.1) is 17.8 Å². The maximum Gasteiger partial charge on any atom is 0.306 e. The summed E-state index contributed by atoms with van der Waals surface area (Å²) in [4.78, 5) is 10.6. The van der Waals surface area contributed by atoms with Crippen molar-refractivity contribution in [3.63, 3.8) is 0 Å². The summed E-state index contributed by atoms with van der Waals surface area (Å²) >= 11 is 0. The molecule has 0 radical (unpaired) electrons. The van der Waals surface area contributed by atoms with Crippen LogP contribution in [0.5, 0.6) is 0 Å². The topological polar surface area (TPSA) is 49.3 Å². The third-order valence-electron chi connectivity index (χ3n) is 3.06. The molecule has 1 saturated heterocycles. The lowest BCUT2D eigenvalue weighted by Gasteiger charge is -2.44. The summed E-state index contributed by atoms with van der Waals surface area (Å²) in [7, 11) is 0. The molecule has 2 fully saturated rings. The van der Waals surface area contributed by atoms with Crippen LogP contribution >= 0.6 is 0 Å². The number of carboxylic acids is 1. The van der Waals surface area contributed by atoms with Crippen molar-refractivity contribution in [1.29, 1.82) is 0 Å². The lowest BCUT2D eigenvalue weighted by molar-refractivity contribution is -0.150. The van der Waals surface area contributed by atoms with E-state index in [9.17, 15) is 4.79 Å². The monoisotopic (exact) mass is 155 g/mol. The molecule has 0 aromatic rings. The van der Waals surface area contributed by atoms with Gasteiger partial charge in [0.2, 0.25) is 0 Å². The highest BCUT2D eigenvalue weighted by atomic mass is 16.4. The first-order chi connectivity index (χ1) is 5.29. The fraction of sp³-hybridized carbons (Fsp3) is 0.875. The van der Waals surface area contributed by atoms with Gasteiger partial charge in [0, 0.05) is 0 Å². The van der Waals surface area contributed by atoms with Crippen LogP contribution < -0.4 is 5.32 Å². The first kappa shape index (κ1) is 7.10. The van der Waals surface area contributed by atoms with Crippen LogP contribution in [0.15, 0.2) is 0 Å². The van der Waals surface area contributed by atoms with Crippen LogP contribution in [0.25, 0.3) is 0 Å². The average molecular weight is 155 g/mol. The van der Waals surface area contributed by atoms with E-state index in [4.69, 9.17) is 5.11 Å². The van der Waals surface area contributed by atoms with E-state index < -0.39 is 5.97 Å². The molecule has 1 aliphatic heterocycles. The Morgan fingerprint density at radius 1 is 1.36 bits per heavy atom. The van der Waals surface area contributed by atoms with Crippen molar-refractivity contribution >= 4 is 5.97 Å². The smallest absolute Gasteiger partial charge is 0.306 e. The molecule has 2 N–H and O–H groups in total. The van der Waals surface area contributed by atoms with Crippen LogP contribution in [0.2, 0.25) is 0 Å². The van der Waals surface area contributed by atoms with Gasteiger partial charge in [-0.25, -0.2) is 0 Å². The van der Waals surface area contributed by atoms with Crippen molar-refractivity contribution in [1.82, 2.24) is 5.32 Å². The van der Waals surface area contributed by atoms with Gasteiger partial charge in [0.15, 0.2) is 0 Å². The van der Waals surface area contributed by atoms with E-state index in [1.807, 2.05) is 0 Å². The molecule has 1 saturated carbocycles. The molecule has 1 aliphatic carbocycles. The van der Waals surface area contributed by atoms with Crippen molar-refractivity contribution in [2.75, 3.05) is 13.1 Å². The van der Waals surface area contributed by atoms with Crippen molar-refractivity contribution in [3.8, 4) is 0 Å². The molecule has 3 heteroatoms. The van der Waals surface area contributed by atoms with Gasteiger partial charge in [0.25, 0.3) is 0 Å². The Bertz CT molecular complexity index is 177. The number of nitrogens with one attached hydrogen (secondary N) is 1. The van der Waals surface area contributed by atoms with E-state index in [1.54, 1.807) is 0 Å². The van der Waals surface area contributed by atoms with Gasteiger partial charge in [-0.05, 0) is 37.8 Å². The molecule has 3 nitrogen and oxygen atoms in total. The summed E-state index contributed by atoms with van der Waals surface area (Å²) in [6.45, 7) is 2.07. The van der Waals surface area contributed by atoms with Gasteiger partial charge in [-0.3, -0.25) is 4.79 Å². The summed E-state index contributed by atoms with van der Waals surface area (Å²) in [5, 5.41) is 11.9. The van der Waals surface area contributed by atoms with Crippen LogP contribution in [-0.2, 0) is 4.79 Å². The van der Waals surface area contributed by atoms with E-state index in [1.165, 1.54) is 0 Å². The Labute approximate surface area is 65.8 Å². The number of aliphatic carboxylic acids is 1. The minimum absolute atomic E-state index is 0.0258. The zero-order chi connectivity index (χ0) is 7.84. The number of hydrogen-bond acceptors (Lipinski definition) is 2. The molecule has 0 amide bonds. The van der Waals surface area contributed by atoms with E-state index >= 15 is 0 Å².